The molecule has 0 N–H and O–H groups in total. The number of aromatic nitrogens is 2. The zero-order valence-electron chi connectivity index (χ0n) is 13.2. The van der Waals surface area contributed by atoms with Gasteiger partial charge in [-0.3, -0.25) is 14.4 Å². The Bertz CT molecular complexity index is 513. The van der Waals surface area contributed by atoms with E-state index in [9.17, 15) is 4.79 Å². The summed E-state index contributed by atoms with van der Waals surface area (Å²) in [6.45, 7) is 11.3. The summed E-state index contributed by atoms with van der Waals surface area (Å²) in [7, 11) is 0. The van der Waals surface area contributed by atoms with Crippen molar-refractivity contribution in [2.75, 3.05) is 19.7 Å². The molecule has 6 heteroatoms. The van der Waals surface area contributed by atoms with Gasteiger partial charge in [-0.2, -0.15) is 5.10 Å². The third kappa shape index (κ3) is 3.73. The summed E-state index contributed by atoms with van der Waals surface area (Å²) in [5, 5.41) is 4.44. The van der Waals surface area contributed by atoms with E-state index in [4.69, 9.17) is 4.74 Å². The van der Waals surface area contributed by atoms with Crippen LogP contribution in [-0.2, 0) is 22.5 Å². The number of Topliss-reactive ketones (excluding diaryl/α,β-unsaturated/α-hetero) is 1. The molecule has 1 atom stereocenters. The predicted octanol–water partition coefficient (Wildman–Crippen LogP) is 2.19. The Morgan fingerprint density at radius 2 is 2.24 bits per heavy atom. The number of carbonyl (C=O) groups is 1. The van der Waals surface area contributed by atoms with Gasteiger partial charge in [-0.25, -0.2) is 0 Å². The van der Waals surface area contributed by atoms with Gasteiger partial charge in [0.25, 0.3) is 0 Å². The number of aryl methyl sites for hydroxylation is 2. The Morgan fingerprint density at radius 1 is 1.52 bits per heavy atom. The predicted molar refractivity (Wildman–Crippen MR) is 85.5 cm³/mol. The van der Waals surface area contributed by atoms with Crippen LogP contribution >= 0.6 is 15.9 Å². The molecule has 0 amide bonds. The smallest absolute Gasteiger partial charge is 0.168 e. The second-order valence-electron chi connectivity index (χ2n) is 5.75. The molecule has 0 radical (unpaired) electrons. The maximum absolute atomic E-state index is 12.6. The molecule has 21 heavy (non-hydrogen) atoms. The van der Waals surface area contributed by atoms with Crippen LogP contribution in [0.1, 0.15) is 32.2 Å². The van der Waals surface area contributed by atoms with Crippen molar-refractivity contribution in [3.8, 4) is 0 Å². The highest BCUT2D eigenvalue weighted by molar-refractivity contribution is 9.10. The lowest BCUT2D eigenvalue weighted by atomic mass is 10.1. The minimum absolute atomic E-state index is 0.135. The Balaban J connectivity index is 2.08. The van der Waals surface area contributed by atoms with E-state index >= 15 is 0 Å². The molecular formula is C15H24BrN3O2. The molecule has 1 saturated heterocycles. The second kappa shape index (κ2) is 7.03. The van der Waals surface area contributed by atoms with Crippen LogP contribution in [-0.4, -0.2) is 52.3 Å². The number of hydrogen-bond donors (Lipinski definition) is 0. The van der Waals surface area contributed by atoms with Gasteiger partial charge in [0.15, 0.2) is 5.78 Å². The number of morpholine rings is 1. The van der Waals surface area contributed by atoms with E-state index in [0.717, 1.165) is 29.0 Å². The van der Waals surface area contributed by atoms with Crippen molar-refractivity contribution in [3.63, 3.8) is 0 Å². The van der Waals surface area contributed by atoms with E-state index in [1.54, 1.807) is 0 Å². The Labute approximate surface area is 134 Å². The third-order valence-electron chi connectivity index (χ3n) is 3.98. The Morgan fingerprint density at radius 3 is 2.86 bits per heavy atom. The van der Waals surface area contributed by atoms with Crippen molar-refractivity contribution in [2.24, 2.45) is 0 Å². The van der Waals surface area contributed by atoms with E-state index in [2.05, 4.69) is 39.8 Å². The maximum atomic E-state index is 12.6. The van der Waals surface area contributed by atoms with Gasteiger partial charge in [-0.1, -0.05) is 0 Å². The third-order valence-corrected chi connectivity index (χ3v) is 5.01. The van der Waals surface area contributed by atoms with Crippen molar-refractivity contribution in [1.82, 2.24) is 14.7 Å². The van der Waals surface area contributed by atoms with Crippen LogP contribution in [0.5, 0.6) is 0 Å². The fourth-order valence-electron chi connectivity index (χ4n) is 2.65. The summed E-state index contributed by atoms with van der Waals surface area (Å²) in [4.78, 5) is 14.8. The first-order chi connectivity index (χ1) is 9.93. The quantitative estimate of drug-likeness (QED) is 0.810. The van der Waals surface area contributed by atoms with Gasteiger partial charge in [0.1, 0.15) is 6.10 Å². The number of nitrogens with zero attached hydrogens (tertiary/aromatic N) is 3. The van der Waals surface area contributed by atoms with Crippen LogP contribution in [0.2, 0.25) is 0 Å². The van der Waals surface area contributed by atoms with Crippen molar-refractivity contribution in [1.29, 1.82) is 0 Å². The van der Waals surface area contributed by atoms with Gasteiger partial charge in [-0.05, 0) is 43.6 Å². The number of ether oxygens (including phenoxy) is 1. The van der Waals surface area contributed by atoms with E-state index in [-0.39, 0.29) is 11.9 Å². The van der Waals surface area contributed by atoms with Crippen molar-refractivity contribution in [3.05, 3.63) is 15.9 Å². The number of rotatable bonds is 5. The van der Waals surface area contributed by atoms with E-state index in [1.807, 2.05) is 18.5 Å². The molecule has 1 unspecified atom stereocenters. The largest absolute Gasteiger partial charge is 0.368 e. The van der Waals surface area contributed by atoms with E-state index in [0.29, 0.717) is 25.6 Å². The summed E-state index contributed by atoms with van der Waals surface area (Å²) in [5.74, 6) is 0.135. The van der Waals surface area contributed by atoms with Crippen LogP contribution in [0.25, 0.3) is 0 Å². The highest BCUT2D eigenvalue weighted by Gasteiger charge is 2.29. The van der Waals surface area contributed by atoms with Gasteiger partial charge in [0, 0.05) is 25.7 Å². The number of carbonyl (C=O) groups excluding carboxylic acids is 1. The van der Waals surface area contributed by atoms with Crippen LogP contribution in [0.4, 0.5) is 0 Å². The minimum atomic E-state index is -0.325. The molecule has 1 aliphatic heterocycles. The number of hydrogen-bond acceptors (Lipinski definition) is 4. The molecule has 2 heterocycles. The van der Waals surface area contributed by atoms with Crippen molar-refractivity contribution >= 4 is 21.7 Å². The first kappa shape index (κ1) is 16.6. The molecule has 5 nitrogen and oxygen atoms in total. The van der Waals surface area contributed by atoms with Crippen LogP contribution < -0.4 is 0 Å². The first-order valence-corrected chi connectivity index (χ1v) is 8.33. The highest BCUT2D eigenvalue weighted by atomic mass is 79.9. The molecule has 0 aliphatic carbocycles. The molecule has 1 aliphatic rings. The van der Waals surface area contributed by atoms with E-state index < -0.39 is 0 Å². The number of halogens is 1. The zero-order valence-corrected chi connectivity index (χ0v) is 14.8. The molecule has 0 aromatic carbocycles. The lowest BCUT2D eigenvalue weighted by Crippen LogP contribution is -2.49. The summed E-state index contributed by atoms with van der Waals surface area (Å²) < 4.78 is 8.50. The Hall–Kier alpha value is -0.720. The SMILES string of the molecule is CCn1nc(C)c(Br)c1CC(=O)C1CN(C(C)C)CCO1. The minimum Gasteiger partial charge on any atom is -0.368 e. The van der Waals surface area contributed by atoms with Gasteiger partial charge >= 0.3 is 0 Å². The van der Waals surface area contributed by atoms with Crippen LogP contribution in [0.15, 0.2) is 4.47 Å². The molecule has 0 spiro atoms. The molecule has 1 fully saturated rings. The van der Waals surface area contributed by atoms with Gasteiger partial charge in [-0.15, -0.1) is 0 Å². The van der Waals surface area contributed by atoms with Gasteiger partial charge < -0.3 is 4.74 Å². The van der Waals surface area contributed by atoms with Crippen LogP contribution in [0.3, 0.4) is 0 Å². The first-order valence-electron chi connectivity index (χ1n) is 7.54. The van der Waals surface area contributed by atoms with Gasteiger partial charge in [0.05, 0.1) is 28.9 Å². The Kier molecular flexibility index (Phi) is 5.57. The normalized spacial score (nSPS) is 20.2. The molecule has 0 bridgehead atoms. The average molecular weight is 358 g/mol. The van der Waals surface area contributed by atoms with Crippen molar-refractivity contribution in [2.45, 2.75) is 52.8 Å². The maximum Gasteiger partial charge on any atom is 0.168 e. The molecule has 0 saturated carbocycles. The van der Waals surface area contributed by atoms with Gasteiger partial charge in [0.2, 0.25) is 0 Å². The topological polar surface area (TPSA) is 47.4 Å². The molecule has 1 aromatic rings. The summed E-state index contributed by atoms with van der Waals surface area (Å²) in [5.41, 5.74) is 1.87. The molecule has 2 rings (SSSR count). The molecular weight excluding hydrogens is 334 g/mol. The summed E-state index contributed by atoms with van der Waals surface area (Å²) in [6, 6.07) is 0.444. The second-order valence-corrected chi connectivity index (χ2v) is 6.55. The highest BCUT2D eigenvalue weighted by Crippen LogP contribution is 2.22. The van der Waals surface area contributed by atoms with Crippen molar-refractivity contribution < 1.29 is 9.53 Å². The average Bonchev–Trinajstić information content (AvgIpc) is 2.75. The van der Waals surface area contributed by atoms with Crippen LogP contribution in [0, 0.1) is 6.92 Å². The fraction of sp³-hybridized carbons (Fsp3) is 0.733. The standard InChI is InChI=1S/C15H24BrN3O2/c1-5-19-12(15(16)11(4)17-19)8-13(20)14-9-18(10(2)3)6-7-21-14/h10,14H,5-9H2,1-4H3. The van der Waals surface area contributed by atoms with E-state index in [1.165, 1.54) is 0 Å². The molecule has 118 valence electrons. The lowest BCUT2D eigenvalue weighted by molar-refractivity contribution is -0.136. The number of ketones is 1. The fourth-order valence-corrected chi connectivity index (χ4v) is 3.07. The monoisotopic (exact) mass is 357 g/mol. The molecule has 1 aromatic heterocycles. The lowest BCUT2D eigenvalue weighted by Gasteiger charge is -2.34. The summed E-state index contributed by atoms with van der Waals surface area (Å²) >= 11 is 3.54. The summed E-state index contributed by atoms with van der Waals surface area (Å²) in [6.07, 6.45) is 0.0415. The zero-order chi connectivity index (χ0) is 15.6.